The molecule has 2 N–H and O–H groups in total. The molecule has 3 rings (SSSR count). The molecule has 0 bridgehead atoms. The minimum absolute atomic E-state index is 0.0110. The Balaban J connectivity index is 1.29. The number of nitrogens with one attached hydrogen (secondary N) is 2. The van der Waals surface area contributed by atoms with Crippen molar-refractivity contribution in [3.63, 3.8) is 0 Å². The number of amides is 3. The fourth-order valence-electron chi connectivity index (χ4n) is 4.44. The first kappa shape index (κ1) is 22.3. The maximum Gasteiger partial charge on any atom is 0.223 e. The molecule has 6 nitrogen and oxygen atoms in total. The largest absolute Gasteiger partial charge is 0.355 e. The third kappa shape index (κ3) is 7.15. The van der Waals surface area contributed by atoms with E-state index in [1.54, 1.807) is 0 Å². The van der Waals surface area contributed by atoms with E-state index in [-0.39, 0.29) is 23.6 Å². The SMILES string of the molecule is O=C(CCNC(=O)C1CCN(C(=O)CCc2ccccc2)CC1)NC1CCCCC1. The van der Waals surface area contributed by atoms with E-state index in [4.69, 9.17) is 0 Å². The van der Waals surface area contributed by atoms with Crippen LogP contribution in [0.25, 0.3) is 0 Å². The Morgan fingerprint density at radius 3 is 2.30 bits per heavy atom. The highest BCUT2D eigenvalue weighted by atomic mass is 16.2. The van der Waals surface area contributed by atoms with Gasteiger partial charge in [-0.25, -0.2) is 0 Å². The Morgan fingerprint density at radius 2 is 1.60 bits per heavy atom. The number of rotatable bonds is 8. The lowest BCUT2D eigenvalue weighted by Crippen LogP contribution is -2.44. The summed E-state index contributed by atoms with van der Waals surface area (Å²) in [6.07, 6.45) is 8.76. The van der Waals surface area contributed by atoms with Gasteiger partial charge in [-0.3, -0.25) is 14.4 Å². The molecule has 1 aliphatic heterocycles. The van der Waals surface area contributed by atoms with Crippen molar-refractivity contribution in [2.24, 2.45) is 5.92 Å². The van der Waals surface area contributed by atoms with Gasteiger partial charge in [0.05, 0.1) is 0 Å². The fourth-order valence-corrected chi connectivity index (χ4v) is 4.44. The Morgan fingerprint density at radius 1 is 0.900 bits per heavy atom. The van der Waals surface area contributed by atoms with Crippen molar-refractivity contribution in [3.05, 3.63) is 35.9 Å². The van der Waals surface area contributed by atoms with Crippen LogP contribution in [0.4, 0.5) is 0 Å². The van der Waals surface area contributed by atoms with Gasteiger partial charge in [0, 0.05) is 44.4 Å². The molecule has 1 aromatic rings. The minimum atomic E-state index is -0.0652. The van der Waals surface area contributed by atoms with Crippen molar-refractivity contribution in [1.82, 2.24) is 15.5 Å². The van der Waals surface area contributed by atoms with Gasteiger partial charge in [0.2, 0.25) is 17.7 Å². The van der Waals surface area contributed by atoms with Crippen molar-refractivity contribution < 1.29 is 14.4 Å². The van der Waals surface area contributed by atoms with Crippen LogP contribution in [0, 0.1) is 5.92 Å². The molecule has 0 atom stereocenters. The van der Waals surface area contributed by atoms with E-state index in [0.29, 0.717) is 51.4 Å². The molecule has 1 saturated carbocycles. The molecule has 0 unspecified atom stereocenters. The minimum Gasteiger partial charge on any atom is -0.355 e. The zero-order chi connectivity index (χ0) is 21.2. The van der Waals surface area contributed by atoms with E-state index in [1.165, 1.54) is 24.8 Å². The summed E-state index contributed by atoms with van der Waals surface area (Å²) in [5.74, 6) is 0.138. The van der Waals surface area contributed by atoms with Gasteiger partial charge in [0.15, 0.2) is 0 Å². The smallest absolute Gasteiger partial charge is 0.223 e. The first-order chi connectivity index (χ1) is 14.6. The molecule has 0 spiro atoms. The highest BCUT2D eigenvalue weighted by Crippen LogP contribution is 2.19. The van der Waals surface area contributed by atoms with Gasteiger partial charge in [0.25, 0.3) is 0 Å². The van der Waals surface area contributed by atoms with Gasteiger partial charge in [-0.05, 0) is 37.7 Å². The molecule has 1 aliphatic carbocycles. The highest BCUT2D eigenvalue weighted by molar-refractivity contribution is 5.81. The summed E-state index contributed by atoms with van der Waals surface area (Å²) in [6, 6.07) is 10.3. The van der Waals surface area contributed by atoms with E-state index < -0.39 is 0 Å². The summed E-state index contributed by atoms with van der Waals surface area (Å²) in [5, 5.41) is 5.99. The number of hydrogen-bond donors (Lipinski definition) is 2. The topological polar surface area (TPSA) is 78.5 Å². The van der Waals surface area contributed by atoms with Gasteiger partial charge in [-0.2, -0.15) is 0 Å². The van der Waals surface area contributed by atoms with Gasteiger partial charge in [-0.15, -0.1) is 0 Å². The second-order valence-electron chi connectivity index (χ2n) is 8.58. The van der Waals surface area contributed by atoms with E-state index in [1.807, 2.05) is 35.2 Å². The third-order valence-corrected chi connectivity index (χ3v) is 6.31. The molecule has 2 aliphatic rings. The van der Waals surface area contributed by atoms with Gasteiger partial charge >= 0.3 is 0 Å². The molecule has 0 aromatic heterocycles. The van der Waals surface area contributed by atoms with Crippen LogP contribution in [0.3, 0.4) is 0 Å². The molecule has 1 aromatic carbocycles. The lowest BCUT2D eigenvalue weighted by atomic mass is 9.95. The summed E-state index contributed by atoms with van der Waals surface area (Å²) in [6.45, 7) is 1.65. The van der Waals surface area contributed by atoms with Crippen LogP contribution in [0.15, 0.2) is 30.3 Å². The van der Waals surface area contributed by atoms with Crippen molar-refractivity contribution in [2.75, 3.05) is 19.6 Å². The predicted molar refractivity (Wildman–Crippen MR) is 117 cm³/mol. The van der Waals surface area contributed by atoms with Crippen LogP contribution < -0.4 is 10.6 Å². The average molecular weight is 414 g/mol. The van der Waals surface area contributed by atoms with Crippen molar-refractivity contribution >= 4 is 17.7 Å². The summed E-state index contributed by atoms with van der Waals surface area (Å²) in [4.78, 5) is 38.8. The fraction of sp³-hybridized carbons (Fsp3) is 0.625. The standard InChI is InChI=1S/C24H35N3O3/c28-22(26-21-9-5-2-6-10-21)13-16-25-24(30)20-14-17-27(18-15-20)23(29)12-11-19-7-3-1-4-8-19/h1,3-4,7-8,20-21H,2,5-6,9-18H2,(H,25,30)(H,26,28). The molecule has 30 heavy (non-hydrogen) atoms. The number of carbonyl (C=O) groups is 3. The Hall–Kier alpha value is -2.37. The number of piperidine rings is 1. The number of nitrogens with zero attached hydrogens (tertiary/aromatic N) is 1. The first-order valence-corrected chi connectivity index (χ1v) is 11.5. The molecule has 1 heterocycles. The van der Waals surface area contributed by atoms with Crippen molar-refractivity contribution in [1.29, 1.82) is 0 Å². The van der Waals surface area contributed by atoms with Gasteiger partial charge in [0.1, 0.15) is 0 Å². The Labute approximate surface area is 179 Å². The molecule has 164 valence electrons. The van der Waals surface area contributed by atoms with E-state index >= 15 is 0 Å². The van der Waals surface area contributed by atoms with E-state index in [9.17, 15) is 14.4 Å². The van der Waals surface area contributed by atoms with Crippen LogP contribution in [0.5, 0.6) is 0 Å². The average Bonchev–Trinajstić information content (AvgIpc) is 2.79. The quantitative estimate of drug-likeness (QED) is 0.688. The van der Waals surface area contributed by atoms with Crippen LogP contribution in [-0.2, 0) is 20.8 Å². The zero-order valence-corrected chi connectivity index (χ0v) is 17.9. The number of hydrogen-bond acceptors (Lipinski definition) is 3. The summed E-state index contributed by atoms with van der Waals surface area (Å²) >= 11 is 0. The summed E-state index contributed by atoms with van der Waals surface area (Å²) in [5.41, 5.74) is 1.17. The normalized spacial score (nSPS) is 18.1. The maximum atomic E-state index is 12.4. The second-order valence-corrected chi connectivity index (χ2v) is 8.58. The molecular weight excluding hydrogens is 378 g/mol. The number of aryl methyl sites for hydroxylation is 1. The zero-order valence-electron chi connectivity index (χ0n) is 17.9. The van der Waals surface area contributed by atoms with Crippen LogP contribution in [-0.4, -0.2) is 48.3 Å². The highest BCUT2D eigenvalue weighted by Gasteiger charge is 2.27. The monoisotopic (exact) mass is 413 g/mol. The van der Waals surface area contributed by atoms with Crippen LogP contribution >= 0.6 is 0 Å². The molecule has 3 amide bonds. The Bertz CT molecular complexity index is 693. The van der Waals surface area contributed by atoms with Gasteiger partial charge in [-0.1, -0.05) is 49.6 Å². The predicted octanol–water partition coefficient (Wildman–Crippen LogP) is 2.81. The lowest BCUT2D eigenvalue weighted by Gasteiger charge is -2.31. The van der Waals surface area contributed by atoms with Crippen LogP contribution in [0.1, 0.15) is 63.4 Å². The number of likely N-dealkylation sites (tertiary alicyclic amines) is 1. The van der Waals surface area contributed by atoms with E-state index in [0.717, 1.165) is 19.3 Å². The van der Waals surface area contributed by atoms with E-state index in [2.05, 4.69) is 10.6 Å². The van der Waals surface area contributed by atoms with Crippen LogP contribution in [0.2, 0.25) is 0 Å². The number of benzene rings is 1. The second kappa shape index (κ2) is 11.7. The van der Waals surface area contributed by atoms with Crippen molar-refractivity contribution in [3.8, 4) is 0 Å². The maximum absolute atomic E-state index is 12.4. The summed E-state index contributed by atoms with van der Waals surface area (Å²) < 4.78 is 0. The third-order valence-electron chi connectivity index (χ3n) is 6.31. The number of carbonyl (C=O) groups excluding carboxylic acids is 3. The summed E-state index contributed by atoms with van der Waals surface area (Å²) in [7, 11) is 0. The molecule has 0 radical (unpaired) electrons. The molecule has 1 saturated heterocycles. The molecule has 6 heteroatoms. The molecular formula is C24H35N3O3. The lowest BCUT2D eigenvalue weighted by molar-refractivity contribution is -0.135. The first-order valence-electron chi connectivity index (χ1n) is 11.5. The van der Waals surface area contributed by atoms with Crippen molar-refractivity contribution in [2.45, 2.75) is 70.3 Å². The van der Waals surface area contributed by atoms with Gasteiger partial charge < -0.3 is 15.5 Å². The Kier molecular flexibility index (Phi) is 8.72. The molecule has 2 fully saturated rings.